The number of pyridine rings is 1. The van der Waals surface area contributed by atoms with E-state index >= 15 is 0 Å². The first kappa shape index (κ1) is 12.9. The molecule has 0 radical (unpaired) electrons. The first-order chi connectivity index (χ1) is 9.78. The lowest BCUT2D eigenvalue weighted by molar-refractivity contribution is 0.111. The number of hydrogen-bond acceptors (Lipinski definition) is 3. The lowest BCUT2D eigenvalue weighted by Crippen LogP contribution is -1.99. The van der Waals surface area contributed by atoms with Gasteiger partial charge in [0.05, 0.1) is 15.7 Å². The Balaban J connectivity index is 1.84. The zero-order chi connectivity index (χ0) is 13.9. The van der Waals surface area contributed by atoms with Gasteiger partial charge in [-0.15, -0.1) is 0 Å². The molecule has 0 aliphatic rings. The topological polar surface area (TPSA) is 43.6 Å². The van der Waals surface area contributed by atoms with E-state index in [2.05, 4.69) is 20.9 Å². The number of carbonyl (C=O) groups is 1. The zero-order valence-corrected chi connectivity index (χ0v) is 12.1. The highest BCUT2D eigenvalue weighted by Crippen LogP contribution is 2.28. The summed E-state index contributed by atoms with van der Waals surface area (Å²) in [6.45, 7) is 0.311. The van der Waals surface area contributed by atoms with Crippen LogP contribution in [0.3, 0.4) is 0 Å². The van der Waals surface area contributed by atoms with E-state index in [1.165, 1.54) is 0 Å². The summed E-state index contributed by atoms with van der Waals surface area (Å²) in [6.07, 6.45) is 4.62. The molecule has 0 unspecified atom stereocenters. The number of fused-ring (bicyclic) bond motifs is 1. The highest BCUT2D eigenvalue weighted by molar-refractivity contribution is 9.10. The van der Waals surface area contributed by atoms with Crippen molar-refractivity contribution < 1.29 is 9.53 Å². The molecule has 1 aromatic carbocycles. The maximum absolute atomic E-state index is 11.0. The minimum absolute atomic E-state index is 0.311. The van der Waals surface area contributed by atoms with Crippen molar-refractivity contribution in [1.82, 2.24) is 9.38 Å². The molecule has 0 amide bonds. The molecule has 20 heavy (non-hydrogen) atoms. The number of rotatable bonds is 4. The van der Waals surface area contributed by atoms with Crippen molar-refractivity contribution in [3.63, 3.8) is 0 Å². The van der Waals surface area contributed by atoms with Crippen LogP contribution in [0.5, 0.6) is 5.75 Å². The number of benzene rings is 1. The lowest BCUT2D eigenvalue weighted by Gasteiger charge is -2.08. The van der Waals surface area contributed by atoms with Gasteiger partial charge in [0.25, 0.3) is 0 Å². The minimum Gasteiger partial charge on any atom is -0.485 e. The Kier molecular flexibility index (Phi) is 3.52. The molecule has 0 aliphatic heterocycles. The average molecular weight is 331 g/mol. The van der Waals surface area contributed by atoms with Crippen molar-refractivity contribution >= 4 is 27.9 Å². The molecule has 0 saturated heterocycles. The Morgan fingerprint density at radius 3 is 2.95 bits per heavy atom. The van der Waals surface area contributed by atoms with Crippen molar-refractivity contribution in [3.8, 4) is 5.75 Å². The Morgan fingerprint density at radius 1 is 1.25 bits per heavy atom. The van der Waals surface area contributed by atoms with Crippen molar-refractivity contribution in [3.05, 3.63) is 64.5 Å². The number of para-hydroxylation sites is 1. The van der Waals surface area contributed by atoms with Gasteiger partial charge < -0.3 is 9.14 Å². The third-order valence-corrected chi connectivity index (χ3v) is 3.53. The van der Waals surface area contributed by atoms with Gasteiger partial charge in [-0.25, -0.2) is 4.98 Å². The molecule has 0 fully saturated rings. The Labute approximate surface area is 124 Å². The van der Waals surface area contributed by atoms with Gasteiger partial charge in [-0.3, -0.25) is 4.79 Å². The van der Waals surface area contributed by atoms with Crippen LogP contribution in [-0.4, -0.2) is 15.7 Å². The Hall–Kier alpha value is -2.14. The van der Waals surface area contributed by atoms with E-state index in [-0.39, 0.29) is 0 Å². The third kappa shape index (κ3) is 2.44. The van der Waals surface area contributed by atoms with Crippen LogP contribution >= 0.6 is 15.9 Å². The van der Waals surface area contributed by atoms with Crippen LogP contribution < -0.4 is 4.74 Å². The molecule has 0 atom stereocenters. The number of aldehydes is 1. The molecule has 5 heteroatoms. The number of ether oxygens (including phenoxy) is 1. The molecule has 0 bridgehead atoms. The second kappa shape index (κ2) is 5.46. The molecule has 2 aromatic heterocycles. The SMILES string of the molecule is O=Cc1cccc(Br)c1OCc1cn2ccccc2n1. The average Bonchev–Trinajstić information content (AvgIpc) is 2.88. The smallest absolute Gasteiger partial charge is 0.153 e. The first-order valence-corrected chi connectivity index (χ1v) is 6.86. The number of halogens is 1. The monoisotopic (exact) mass is 330 g/mol. The van der Waals surface area contributed by atoms with Crippen molar-refractivity contribution in [2.75, 3.05) is 0 Å². The van der Waals surface area contributed by atoms with Gasteiger partial charge in [-0.1, -0.05) is 12.1 Å². The molecule has 0 aliphatic carbocycles. The lowest BCUT2D eigenvalue weighted by atomic mass is 10.2. The summed E-state index contributed by atoms with van der Waals surface area (Å²) in [5.74, 6) is 0.541. The number of nitrogens with zero attached hydrogens (tertiary/aromatic N) is 2. The van der Waals surface area contributed by atoms with E-state index in [4.69, 9.17) is 4.74 Å². The highest BCUT2D eigenvalue weighted by Gasteiger charge is 2.09. The maximum Gasteiger partial charge on any atom is 0.153 e. The number of aromatic nitrogens is 2. The van der Waals surface area contributed by atoms with Crippen LogP contribution in [0.15, 0.2) is 53.3 Å². The fraction of sp³-hybridized carbons (Fsp3) is 0.0667. The number of carbonyl (C=O) groups excluding carboxylic acids is 1. The second-order valence-electron chi connectivity index (χ2n) is 4.26. The Bertz CT molecular complexity index is 734. The normalized spacial score (nSPS) is 10.7. The third-order valence-electron chi connectivity index (χ3n) is 2.90. The van der Waals surface area contributed by atoms with Gasteiger partial charge >= 0.3 is 0 Å². The maximum atomic E-state index is 11.0. The van der Waals surface area contributed by atoms with E-state index in [1.54, 1.807) is 12.1 Å². The molecule has 0 saturated carbocycles. The summed E-state index contributed by atoms with van der Waals surface area (Å²) in [5.41, 5.74) is 2.20. The van der Waals surface area contributed by atoms with Crippen molar-refractivity contribution in [2.45, 2.75) is 6.61 Å². The molecule has 0 spiro atoms. The Morgan fingerprint density at radius 2 is 2.15 bits per heavy atom. The molecular formula is C15H11BrN2O2. The summed E-state index contributed by atoms with van der Waals surface area (Å²) < 4.78 is 8.41. The quantitative estimate of drug-likeness (QED) is 0.688. The molecule has 2 heterocycles. The summed E-state index contributed by atoms with van der Waals surface area (Å²) in [7, 11) is 0. The molecule has 0 N–H and O–H groups in total. The van der Waals surface area contributed by atoms with Crippen LogP contribution in [0.2, 0.25) is 0 Å². The fourth-order valence-electron chi connectivity index (χ4n) is 1.97. The van der Waals surface area contributed by atoms with Gasteiger partial charge in [-0.2, -0.15) is 0 Å². The van der Waals surface area contributed by atoms with Crippen LogP contribution in [0.1, 0.15) is 16.1 Å². The summed E-state index contributed by atoms with van der Waals surface area (Å²) >= 11 is 3.39. The van der Waals surface area contributed by atoms with Gasteiger partial charge in [0.1, 0.15) is 18.0 Å². The second-order valence-corrected chi connectivity index (χ2v) is 5.12. The van der Waals surface area contributed by atoms with Crippen LogP contribution in [0.25, 0.3) is 5.65 Å². The highest BCUT2D eigenvalue weighted by atomic mass is 79.9. The van der Waals surface area contributed by atoms with Crippen LogP contribution in [-0.2, 0) is 6.61 Å². The molecule has 3 rings (SSSR count). The van der Waals surface area contributed by atoms with E-state index < -0.39 is 0 Å². The first-order valence-electron chi connectivity index (χ1n) is 6.07. The summed E-state index contributed by atoms with van der Waals surface area (Å²) in [6, 6.07) is 11.2. The van der Waals surface area contributed by atoms with E-state index in [0.29, 0.717) is 17.9 Å². The largest absolute Gasteiger partial charge is 0.485 e. The van der Waals surface area contributed by atoms with Crippen molar-refractivity contribution in [2.24, 2.45) is 0 Å². The van der Waals surface area contributed by atoms with Gasteiger partial charge in [-0.05, 0) is 40.2 Å². The van der Waals surface area contributed by atoms with E-state index in [1.807, 2.05) is 41.1 Å². The fourth-order valence-corrected chi connectivity index (χ4v) is 2.47. The molecule has 3 aromatic rings. The molecule has 4 nitrogen and oxygen atoms in total. The summed E-state index contributed by atoms with van der Waals surface area (Å²) in [4.78, 5) is 15.5. The molecular weight excluding hydrogens is 320 g/mol. The standard InChI is InChI=1S/C15H11BrN2O2/c16-13-5-3-4-11(9-19)15(13)20-10-12-8-18-7-2-1-6-14(18)17-12/h1-9H,10H2. The summed E-state index contributed by atoms with van der Waals surface area (Å²) in [5, 5.41) is 0. The predicted molar refractivity (Wildman–Crippen MR) is 79.1 cm³/mol. The molecule has 100 valence electrons. The number of hydrogen-bond donors (Lipinski definition) is 0. The zero-order valence-electron chi connectivity index (χ0n) is 10.5. The van der Waals surface area contributed by atoms with Gasteiger partial charge in [0, 0.05) is 12.4 Å². The number of imidazole rings is 1. The van der Waals surface area contributed by atoms with Gasteiger partial charge in [0.15, 0.2) is 6.29 Å². The van der Waals surface area contributed by atoms with E-state index in [0.717, 1.165) is 22.1 Å². The van der Waals surface area contributed by atoms with Crippen molar-refractivity contribution in [1.29, 1.82) is 0 Å². The predicted octanol–water partition coefficient (Wildman–Crippen LogP) is 3.49. The van der Waals surface area contributed by atoms with Crippen LogP contribution in [0.4, 0.5) is 0 Å². The van der Waals surface area contributed by atoms with Gasteiger partial charge in [0.2, 0.25) is 0 Å². The van der Waals surface area contributed by atoms with Crippen LogP contribution in [0, 0.1) is 0 Å². The minimum atomic E-state index is 0.311. The van der Waals surface area contributed by atoms with E-state index in [9.17, 15) is 4.79 Å².